The van der Waals surface area contributed by atoms with E-state index in [1.807, 2.05) is 30.3 Å². The smallest absolute Gasteiger partial charge is 0.417 e. The molecule has 1 fully saturated rings. The molecule has 1 unspecified atom stereocenters. The first-order chi connectivity index (χ1) is 18.3. The molecule has 3 aromatic rings. The van der Waals surface area contributed by atoms with Gasteiger partial charge in [0.05, 0.1) is 29.5 Å². The number of para-hydroxylation sites is 1. The van der Waals surface area contributed by atoms with Gasteiger partial charge in [0.2, 0.25) is 0 Å². The Bertz CT molecular complexity index is 1280. The highest BCUT2D eigenvalue weighted by molar-refractivity contribution is 6.33. The van der Waals surface area contributed by atoms with E-state index in [0.29, 0.717) is 56.5 Å². The van der Waals surface area contributed by atoms with Crippen LogP contribution in [0, 0.1) is 0 Å². The highest BCUT2D eigenvalue weighted by Gasteiger charge is 2.32. The van der Waals surface area contributed by atoms with Crippen LogP contribution in [0.3, 0.4) is 0 Å². The highest BCUT2D eigenvalue weighted by atomic mass is 35.5. The van der Waals surface area contributed by atoms with Crippen molar-refractivity contribution in [3.8, 4) is 28.5 Å². The first-order valence-electron chi connectivity index (χ1n) is 12.4. The van der Waals surface area contributed by atoms with Gasteiger partial charge >= 0.3 is 6.18 Å². The van der Waals surface area contributed by atoms with E-state index in [1.54, 1.807) is 13.2 Å². The maximum Gasteiger partial charge on any atom is 0.417 e. The van der Waals surface area contributed by atoms with Crippen molar-refractivity contribution in [2.75, 3.05) is 33.5 Å². The Morgan fingerprint density at radius 1 is 1.13 bits per heavy atom. The second-order valence-corrected chi connectivity index (χ2v) is 9.74. The Morgan fingerprint density at radius 2 is 1.97 bits per heavy atom. The standard InChI is InChI=1S/C28H28ClF3N2O4/c1-35-24-7-3-2-5-18(24)15-34-8-10-37-27-20(16-34)11-19(12-25(27)38-17-22-6-4-9-36-22)26-23(29)13-21(14-33-26)28(30,31)32/h2-3,5,7,11-14,22H,4,6,8-10,15-17H2,1H3. The lowest BCUT2D eigenvalue weighted by atomic mass is 10.0. The topological polar surface area (TPSA) is 53.1 Å². The van der Waals surface area contributed by atoms with Crippen LogP contribution >= 0.6 is 11.6 Å². The molecule has 2 aliphatic heterocycles. The second kappa shape index (κ2) is 11.4. The fraction of sp³-hybridized carbons (Fsp3) is 0.393. The number of aromatic nitrogens is 1. The number of fused-ring (bicyclic) bond motifs is 1. The van der Waals surface area contributed by atoms with E-state index in [4.69, 9.17) is 30.5 Å². The number of hydrogen-bond donors (Lipinski definition) is 0. The molecule has 0 spiro atoms. The molecule has 1 atom stereocenters. The van der Waals surface area contributed by atoms with E-state index in [1.165, 1.54) is 0 Å². The minimum absolute atomic E-state index is 0.0186. The molecular formula is C28H28ClF3N2O4. The van der Waals surface area contributed by atoms with Gasteiger partial charge in [-0.1, -0.05) is 29.8 Å². The molecule has 0 radical (unpaired) electrons. The number of halogens is 4. The fourth-order valence-electron chi connectivity index (χ4n) is 4.76. The Hall–Kier alpha value is -3.01. The number of ether oxygens (including phenoxy) is 4. The molecule has 0 aliphatic carbocycles. The third-order valence-corrected chi connectivity index (χ3v) is 6.94. The predicted molar refractivity (Wildman–Crippen MR) is 137 cm³/mol. The van der Waals surface area contributed by atoms with E-state index < -0.39 is 11.7 Å². The van der Waals surface area contributed by atoms with Gasteiger partial charge in [0.25, 0.3) is 0 Å². The number of hydrogen-bond acceptors (Lipinski definition) is 6. The van der Waals surface area contributed by atoms with Crippen LogP contribution in [0.2, 0.25) is 5.02 Å². The van der Waals surface area contributed by atoms with Crippen LogP contribution in [-0.2, 0) is 24.0 Å². The third kappa shape index (κ3) is 6.00. The molecular weight excluding hydrogens is 521 g/mol. The largest absolute Gasteiger partial charge is 0.496 e. The molecule has 1 aromatic heterocycles. The van der Waals surface area contributed by atoms with E-state index in [-0.39, 0.29) is 16.8 Å². The molecule has 5 rings (SSSR count). The van der Waals surface area contributed by atoms with Gasteiger partial charge in [0.15, 0.2) is 11.5 Å². The summed E-state index contributed by atoms with van der Waals surface area (Å²) >= 11 is 6.31. The summed E-state index contributed by atoms with van der Waals surface area (Å²) in [6.07, 6.45) is -1.88. The van der Waals surface area contributed by atoms with Gasteiger partial charge < -0.3 is 18.9 Å². The van der Waals surface area contributed by atoms with Crippen molar-refractivity contribution in [1.29, 1.82) is 0 Å². The van der Waals surface area contributed by atoms with Gasteiger partial charge in [0, 0.05) is 49.1 Å². The summed E-state index contributed by atoms with van der Waals surface area (Å²) < 4.78 is 63.2. The van der Waals surface area contributed by atoms with Crippen molar-refractivity contribution < 1.29 is 32.1 Å². The Balaban J connectivity index is 1.49. The van der Waals surface area contributed by atoms with Crippen molar-refractivity contribution in [2.24, 2.45) is 0 Å². The molecule has 3 heterocycles. The average Bonchev–Trinajstić information content (AvgIpc) is 3.33. The molecule has 2 aliphatic rings. The molecule has 0 saturated carbocycles. The minimum atomic E-state index is -4.54. The molecule has 38 heavy (non-hydrogen) atoms. The zero-order chi connectivity index (χ0) is 26.7. The van der Waals surface area contributed by atoms with Gasteiger partial charge in [-0.3, -0.25) is 9.88 Å². The number of benzene rings is 2. The molecule has 0 amide bonds. The summed E-state index contributed by atoms with van der Waals surface area (Å²) in [5.41, 5.74) is 1.76. The Morgan fingerprint density at radius 3 is 2.71 bits per heavy atom. The number of rotatable bonds is 7. The maximum absolute atomic E-state index is 13.2. The molecule has 0 N–H and O–H groups in total. The summed E-state index contributed by atoms with van der Waals surface area (Å²) in [7, 11) is 1.64. The summed E-state index contributed by atoms with van der Waals surface area (Å²) in [6.45, 7) is 3.30. The van der Waals surface area contributed by atoms with E-state index in [9.17, 15) is 13.2 Å². The van der Waals surface area contributed by atoms with Crippen LogP contribution in [0.15, 0.2) is 48.7 Å². The van der Waals surface area contributed by atoms with Gasteiger partial charge in [-0.15, -0.1) is 0 Å². The average molecular weight is 549 g/mol. The highest BCUT2D eigenvalue weighted by Crippen LogP contribution is 2.41. The first kappa shape index (κ1) is 26.6. The number of pyridine rings is 1. The van der Waals surface area contributed by atoms with Crippen molar-refractivity contribution in [2.45, 2.75) is 38.2 Å². The van der Waals surface area contributed by atoms with Crippen molar-refractivity contribution >= 4 is 11.6 Å². The van der Waals surface area contributed by atoms with Crippen molar-refractivity contribution in [3.63, 3.8) is 0 Å². The summed E-state index contributed by atoms with van der Waals surface area (Å²) in [5.74, 6) is 1.90. The zero-order valence-corrected chi connectivity index (χ0v) is 21.6. The summed E-state index contributed by atoms with van der Waals surface area (Å²) in [6, 6.07) is 12.3. The first-order valence-corrected chi connectivity index (χ1v) is 12.8. The van der Waals surface area contributed by atoms with Gasteiger partial charge in [-0.25, -0.2) is 0 Å². The lowest BCUT2D eigenvalue weighted by Crippen LogP contribution is -2.25. The molecule has 0 bridgehead atoms. The molecule has 6 nitrogen and oxygen atoms in total. The molecule has 2 aromatic carbocycles. The monoisotopic (exact) mass is 548 g/mol. The predicted octanol–water partition coefficient (Wildman–Crippen LogP) is 6.38. The Kier molecular flexibility index (Phi) is 7.97. The van der Waals surface area contributed by atoms with Crippen LogP contribution < -0.4 is 14.2 Å². The number of alkyl halides is 3. The molecule has 10 heteroatoms. The van der Waals surface area contributed by atoms with Gasteiger partial charge in [0.1, 0.15) is 19.0 Å². The molecule has 202 valence electrons. The van der Waals surface area contributed by atoms with E-state index in [2.05, 4.69) is 9.88 Å². The van der Waals surface area contributed by atoms with Gasteiger partial charge in [-0.05, 0) is 37.1 Å². The van der Waals surface area contributed by atoms with Crippen LogP contribution in [0.5, 0.6) is 17.2 Å². The zero-order valence-electron chi connectivity index (χ0n) is 20.9. The summed E-state index contributed by atoms with van der Waals surface area (Å²) in [5, 5.41) is -0.0923. The number of nitrogens with zero attached hydrogens (tertiary/aromatic N) is 2. The Labute approximate surface area is 224 Å². The fourth-order valence-corrected chi connectivity index (χ4v) is 5.03. The van der Waals surface area contributed by atoms with Crippen LogP contribution in [0.1, 0.15) is 29.5 Å². The SMILES string of the molecule is COc1ccccc1CN1CCOc2c(cc(-c3ncc(C(F)(F)F)cc3Cl)cc2OCC2CCCO2)C1. The lowest BCUT2D eigenvalue weighted by Gasteiger charge is -2.21. The summed E-state index contributed by atoms with van der Waals surface area (Å²) in [4.78, 5) is 6.29. The number of methoxy groups -OCH3 is 1. The van der Waals surface area contributed by atoms with Crippen LogP contribution in [-0.4, -0.2) is 49.5 Å². The normalized spacial score (nSPS) is 18.0. The van der Waals surface area contributed by atoms with Crippen molar-refractivity contribution in [1.82, 2.24) is 9.88 Å². The maximum atomic E-state index is 13.2. The molecule has 1 saturated heterocycles. The van der Waals surface area contributed by atoms with Crippen LogP contribution in [0.4, 0.5) is 13.2 Å². The van der Waals surface area contributed by atoms with E-state index in [0.717, 1.165) is 42.0 Å². The van der Waals surface area contributed by atoms with E-state index >= 15 is 0 Å². The third-order valence-electron chi connectivity index (χ3n) is 6.66. The minimum Gasteiger partial charge on any atom is -0.496 e. The second-order valence-electron chi connectivity index (χ2n) is 9.33. The lowest BCUT2D eigenvalue weighted by molar-refractivity contribution is -0.137. The van der Waals surface area contributed by atoms with Crippen LogP contribution in [0.25, 0.3) is 11.3 Å². The quantitative estimate of drug-likeness (QED) is 0.341. The van der Waals surface area contributed by atoms with Crippen molar-refractivity contribution in [3.05, 3.63) is 70.4 Å². The van der Waals surface area contributed by atoms with Gasteiger partial charge in [-0.2, -0.15) is 13.2 Å².